The van der Waals surface area contributed by atoms with E-state index in [4.69, 9.17) is 4.42 Å². The van der Waals surface area contributed by atoms with Gasteiger partial charge in [-0.25, -0.2) is 4.68 Å². The minimum atomic E-state index is -0.293. The van der Waals surface area contributed by atoms with Crippen LogP contribution in [0.5, 0.6) is 0 Å². The van der Waals surface area contributed by atoms with Crippen LogP contribution in [0, 0.1) is 6.92 Å². The zero-order valence-electron chi connectivity index (χ0n) is 18.3. The van der Waals surface area contributed by atoms with Crippen molar-refractivity contribution in [2.24, 2.45) is 7.05 Å². The molecule has 32 heavy (non-hydrogen) atoms. The standard InChI is InChI=1S/C22H24N6O3S/c1-14(2)27-20(17-11-8-12-31-17)24-25-22(27)32-13-18(29)23-19-15(3)26(4)28(21(19)30)16-9-6-5-7-10-16/h5-12,14H,13H2,1-4H3,(H,23,29). The molecular formula is C22H24N6O3S. The second-order valence-corrected chi connectivity index (χ2v) is 8.46. The number of rotatable bonds is 7. The Kier molecular flexibility index (Phi) is 6.04. The van der Waals surface area contributed by atoms with Gasteiger partial charge in [0.15, 0.2) is 10.9 Å². The molecule has 0 saturated carbocycles. The van der Waals surface area contributed by atoms with Crippen LogP contribution < -0.4 is 10.9 Å². The number of carbonyl (C=O) groups excluding carboxylic acids is 1. The van der Waals surface area contributed by atoms with Crippen LogP contribution in [-0.4, -0.2) is 35.8 Å². The minimum absolute atomic E-state index is 0.0742. The molecule has 1 N–H and O–H groups in total. The first-order valence-electron chi connectivity index (χ1n) is 10.1. The normalized spacial score (nSPS) is 11.3. The van der Waals surface area contributed by atoms with Gasteiger partial charge >= 0.3 is 0 Å². The second-order valence-electron chi connectivity index (χ2n) is 7.52. The highest BCUT2D eigenvalue weighted by molar-refractivity contribution is 7.99. The summed E-state index contributed by atoms with van der Waals surface area (Å²) in [4.78, 5) is 25.7. The number of thioether (sulfide) groups is 1. The number of furan rings is 1. The van der Waals surface area contributed by atoms with Gasteiger partial charge in [-0.15, -0.1) is 10.2 Å². The van der Waals surface area contributed by atoms with Crippen molar-refractivity contribution in [3.05, 3.63) is 64.8 Å². The fourth-order valence-electron chi connectivity index (χ4n) is 3.43. The summed E-state index contributed by atoms with van der Waals surface area (Å²) in [6, 6.07) is 13.0. The lowest BCUT2D eigenvalue weighted by molar-refractivity contribution is -0.113. The highest BCUT2D eigenvalue weighted by Gasteiger charge is 2.21. The number of aromatic nitrogens is 5. The molecule has 166 valence electrons. The summed E-state index contributed by atoms with van der Waals surface area (Å²) >= 11 is 1.26. The van der Waals surface area contributed by atoms with Gasteiger partial charge in [0.1, 0.15) is 5.69 Å². The van der Waals surface area contributed by atoms with Gasteiger partial charge in [0.2, 0.25) is 11.7 Å². The zero-order valence-corrected chi connectivity index (χ0v) is 19.1. The summed E-state index contributed by atoms with van der Waals surface area (Å²) in [6.45, 7) is 5.83. The topological polar surface area (TPSA) is 99.9 Å². The van der Waals surface area contributed by atoms with E-state index in [9.17, 15) is 9.59 Å². The van der Waals surface area contributed by atoms with Gasteiger partial charge in [-0.05, 0) is 45.0 Å². The van der Waals surface area contributed by atoms with Gasteiger partial charge in [-0.3, -0.25) is 18.8 Å². The molecule has 0 spiro atoms. The summed E-state index contributed by atoms with van der Waals surface area (Å²) in [6.07, 6.45) is 1.58. The Morgan fingerprint density at radius 3 is 2.56 bits per heavy atom. The summed E-state index contributed by atoms with van der Waals surface area (Å²) in [5.41, 5.74) is 1.39. The van der Waals surface area contributed by atoms with Crippen molar-refractivity contribution < 1.29 is 9.21 Å². The van der Waals surface area contributed by atoms with Crippen LogP contribution in [0.4, 0.5) is 5.69 Å². The Labute approximate surface area is 189 Å². The van der Waals surface area contributed by atoms with Crippen molar-refractivity contribution >= 4 is 23.4 Å². The van der Waals surface area contributed by atoms with Crippen LogP contribution in [-0.2, 0) is 11.8 Å². The monoisotopic (exact) mass is 452 g/mol. The third kappa shape index (κ3) is 4.01. The average Bonchev–Trinajstić information content (AvgIpc) is 3.49. The molecule has 0 fully saturated rings. The number of para-hydroxylation sites is 1. The Morgan fingerprint density at radius 1 is 1.16 bits per heavy atom. The molecule has 4 aromatic rings. The number of anilines is 1. The first-order valence-corrected chi connectivity index (χ1v) is 11.1. The number of hydrogen-bond acceptors (Lipinski definition) is 6. The van der Waals surface area contributed by atoms with Crippen molar-refractivity contribution in [1.82, 2.24) is 24.1 Å². The molecule has 3 aromatic heterocycles. The van der Waals surface area contributed by atoms with Crippen molar-refractivity contribution in [2.75, 3.05) is 11.1 Å². The molecule has 0 unspecified atom stereocenters. The lowest BCUT2D eigenvalue weighted by atomic mass is 10.3. The Morgan fingerprint density at radius 2 is 1.91 bits per heavy atom. The number of hydrogen-bond donors (Lipinski definition) is 1. The number of amides is 1. The minimum Gasteiger partial charge on any atom is -0.461 e. The van der Waals surface area contributed by atoms with Crippen LogP contribution in [0.1, 0.15) is 25.6 Å². The number of carbonyl (C=O) groups is 1. The Balaban J connectivity index is 1.52. The summed E-state index contributed by atoms with van der Waals surface area (Å²) < 4.78 is 10.6. The molecule has 0 aliphatic rings. The molecular weight excluding hydrogens is 428 g/mol. The van der Waals surface area contributed by atoms with Crippen LogP contribution >= 0.6 is 11.8 Å². The molecule has 9 nitrogen and oxygen atoms in total. The van der Waals surface area contributed by atoms with E-state index in [-0.39, 0.29) is 28.9 Å². The van der Waals surface area contributed by atoms with Crippen molar-refractivity contribution in [3.63, 3.8) is 0 Å². The fourth-order valence-corrected chi connectivity index (χ4v) is 4.30. The van der Waals surface area contributed by atoms with E-state index >= 15 is 0 Å². The summed E-state index contributed by atoms with van der Waals surface area (Å²) in [5.74, 6) is 1.02. The second kappa shape index (κ2) is 8.91. The van der Waals surface area contributed by atoms with E-state index in [0.29, 0.717) is 22.4 Å². The third-order valence-electron chi connectivity index (χ3n) is 5.07. The van der Waals surface area contributed by atoms with Crippen LogP contribution in [0.25, 0.3) is 17.3 Å². The number of benzene rings is 1. The van der Waals surface area contributed by atoms with Gasteiger partial charge in [-0.1, -0.05) is 30.0 Å². The molecule has 1 aromatic carbocycles. The van der Waals surface area contributed by atoms with Gasteiger partial charge < -0.3 is 9.73 Å². The average molecular weight is 453 g/mol. The molecule has 0 aliphatic heterocycles. The maximum Gasteiger partial charge on any atom is 0.295 e. The highest BCUT2D eigenvalue weighted by atomic mass is 32.2. The Bertz CT molecular complexity index is 1290. The summed E-state index contributed by atoms with van der Waals surface area (Å²) in [7, 11) is 1.79. The largest absolute Gasteiger partial charge is 0.461 e. The van der Waals surface area contributed by atoms with E-state index in [1.807, 2.05) is 54.8 Å². The zero-order chi connectivity index (χ0) is 22.8. The third-order valence-corrected chi connectivity index (χ3v) is 6.02. The summed E-state index contributed by atoms with van der Waals surface area (Å²) in [5, 5.41) is 11.8. The first kappa shape index (κ1) is 21.7. The molecule has 0 atom stereocenters. The van der Waals surface area contributed by atoms with Gasteiger partial charge in [0.25, 0.3) is 5.56 Å². The van der Waals surface area contributed by atoms with Gasteiger partial charge in [0, 0.05) is 13.1 Å². The molecule has 1 amide bonds. The first-order chi connectivity index (χ1) is 15.4. The fraction of sp³-hybridized carbons (Fsp3) is 0.273. The van der Waals surface area contributed by atoms with E-state index in [1.165, 1.54) is 16.4 Å². The molecule has 0 radical (unpaired) electrons. The Hall–Kier alpha value is -3.53. The molecule has 0 bridgehead atoms. The molecule has 4 rings (SSSR count). The van der Waals surface area contributed by atoms with E-state index in [0.717, 1.165) is 5.69 Å². The molecule has 0 saturated heterocycles. The number of nitrogens with one attached hydrogen (secondary N) is 1. The predicted octanol–water partition coefficient (Wildman–Crippen LogP) is 3.65. The van der Waals surface area contributed by atoms with E-state index < -0.39 is 0 Å². The van der Waals surface area contributed by atoms with Crippen molar-refractivity contribution in [3.8, 4) is 17.3 Å². The van der Waals surface area contributed by atoms with Crippen molar-refractivity contribution in [2.45, 2.75) is 32.0 Å². The molecule has 0 aliphatic carbocycles. The quantitative estimate of drug-likeness (QED) is 0.430. The van der Waals surface area contributed by atoms with Gasteiger partial charge in [0.05, 0.1) is 23.4 Å². The smallest absolute Gasteiger partial charge is 0.295 e. The number of nitrogens with zero attached hydrogens (tertiary/aromatic N) is 5. The predicted molar refractivity (Wildman–Crippen MR) is 123 cm³/mol. The van der Waals surface area contributed by atoms with E-state index in [1.54, 1.807) is 31.0 Å². The maximum atomic E-state index is 13.0. The lowest BCUT2D eigenvalue weighted by Crippen LogP contribution is -2.23. The van der Waals surface area contributed by atoms with Crippen LogP contribution in [0.3, 0.4) is 0 Å². The highest BCUT2D eigenvalue weighted by Crippen LogP contribution is 2.28. The van der Waals surface area contributed by atoms with E-state index in [2.05, 4.69) is 15.5 Å². The van der Waals surface area contributed by atoms with Crippen molar-refractivity contribution in [1.29, 1.82) is 0 Å². The molecule has 10 heteroatoms. The SMILES string of the molecule is Cc1c(NC(=O)CSc2nnc(-c3ccco3)n2C(C)C)c(=O)n(-c2ccccc2)n1C. The molecule has 3 heterocycles. The van der Waals surface area contributed by atoms with Crippen LogP contribution in [0.15, 0.2) is 63.1 Å². The lowest BCUT2D eigenvalue weighted by Gasteiger charge is -2.12. The maximum absolute atomic E-state index is 13.0. The van der Waals surface area contributed by atoms with Gasteiger partial charge in [-0.2, -0.15) is 0 Å². The van der Waals surface area contributed by atoms with Crippen LogP contribution in [0.2, 0.25) is 0 Å².